The molecule has 0 aliphatic carbocycles. The van der Waals surface area contributed by atoms with Crippen molar-refractivity contribution in [2.24, 2.45) is 0 Å². The maximum atomic E-state index is 11.9. The largest absolute Gasteiger partial charge is 0.263 e. The fraction of sp³-hybridized carbons (Fsp3) is 0. The van der Waals surface area contributed by atoms with E-state index in [0.29, 0.717) is 5.82 Å². The Labute approximate surface area is 94.0 Å². The van der Waals surface area contributed by atoms with E-state index >= 15 is 0 Å². The Bertz CT molecular complexity index is 553. The van der Waals surface area contributed by atoms with Gasteiger partial charge in [0.1, 0.15) is 5.82 Å². The third kappa shape index (κ3) is 2.38. The zero-order valence-electron chi connectivity index (χ0n) is 8.37. The van der Waals surface area contributed by atoms with Crippen LogP contribution in [0.5, 0.6) is 0 Å². The first-order chi connectivity index (χ1) is 7.68. The minimum absolute atomic E-state index is 0.223. The summed E-state index contributed by atoms with van der Waals surface area (Å²) >= 11 is 0. The van der Waals surface area contributed by atoms with Gasteiger partial charge in [0.15, 0.2) is 0 Å². The SMILES string of the molecule is O=S(=O)(Nc1ccccn1)c1ccccc1. The van der Waals surface area contributed by atoms with Crippen LogP contribution in [0.15, 0.2) is 59.6 Å². The van der Waals surface area contributed by atoms with Crippen molar-refractivity contribution in [1.82, 2.24) is 4.98 Å². The summed E-state index contributed by atoms with van der Waals surface area (Å²) in [6.45, 7) is 0. The lowest BCUT2D eigenvalue weighted by atomic mass is 10.4. The molecule has 0 saturated carbocycles. The van der Waals surface area contributed by atoms with Crippen molar-refractivity contribution < 1.29 is 8.42 Å². The van der Waals surface area contributed by atoms with Crippen molar-refractivity contribution in [3.63, 3.8) is 0 Å². The molecular weight excluding hydrogens is 224 g/mol. The standard InChI is InChI=1S/C11H10N2O2S/c14-16(15,10-6-2-1-3-7-10)13-11-8-4-5-9-12-11/h1-9H,(H,12,13). The van der Waals surface area contributed by atoms with E-state index in [9.17, 15) is 8.42 Å². The van der Waals surface area contributed by atoms with Gasteiger partial charge >= 0.3 is 0 Å². The number of aromatic nitrogens is 1. The van der Waals surface area contributed by atoms with Gasteiger partial charge in [0.2, 0.25) is 0 Å². The van der Waals surface area contributed by atoms with Crippen molar-refractivity contribution >= 4 is 15.8 Å². The Morgan fingerprint density at radius 3 is 2.25 bits per heavy atom. The van der Waals surface area contributed by atoms with Crippen molar-refractivity contribution in [2.45, 2.75) is 4.90 Å². The van der Waals surface area contributed by atoms with Crippen LogP contribution in [0.1, 0.15) is 0 Å². The Balaban J connectivity index is 2.29. The van der Waals surface area contributed by atoms with Gasteiger partial charge in [0, 0.05) is 6.20 Å². The minimum Gasteiger partial charge on any atom is -0.263 e. The molecule has 1 aromatic carbocycles. The van der Waals surface area contributed by atoms with Crippen molar-refractivity contribution in [3.8, 4) is 0 Å². The zero-order valence-corrected chi connectivity index (χ0v) is 9.18. The molecule has 0 fully saturated rings. The van der Waals surface area contributed by atoms with Gasteiger partial charge in [-0.1, -0.05) is 24.3 Å². The molecule has 0 amide bonds. The van der Waals surface area contributed by atoms with Crippen LogP contribution in [0.3, 0.4) is 0 Å². The zero-order chi connectivity index (χ0) is 11.4. The molecule has 0 unspecified atom stereocenters. The van der Waals surface area contributed by atoms with Crippen LogP contribution in [-0.4, -0.2) is 13.4 Å². The summed E-state index contributed by atoms with van der Waals surface area (Å²) in [4.78, 5) is 4.12. The van der Waals surface area contributed by atoms with Crippen molar-refractivity contribution in [1.29, 1.82) is 0 Å². The number of sulfonamides is 1. The van der Waals surface area contributed by atoms with Gasteiger partial charge < -0.3 is 0 Å². The number of benzene rings is 1. The van der Waals surface area contributed by atoms with E-state index in [0.717, 1.165) is 0 Å². The maximum absolute atomic E-state index is 11.9. The topological polar surface area (TPSA) is 59.1 Å². The molecule has 0 saturated heterocycles. The van der Waals surface area contributed by atoms with Crippen LogP contribution in [0.2, 0.25) is 0 Å². The van der Waals surface area contributed by atoms with Gasteiger partial charge in [-0.25, -0.2) is 13.4 Å². The average Bonchev–Trinajstić information content (AvgIpc) is 2.31. The predicted octanol–water partition coefficient (Wildman–Crippen LogP) is 1.88. The smallest absolute Gasteiger partial charge is 0.263 e. The van der Waals surface area contributed by atoms with Gasteiger partial charge in [-0.15, -0.1) is 0 Å². The highest BCUT2D eigenvalue weighted by atomic mass is 32.2. The van der Waals surface area contributed by atoms with Crippen molar-refractivity contribution in [2.75, 3.05) is 4.72 Å². The van der Waals surface area contributed by atoms with E-state index in [1.54, 1.807) is 36.4 Å². The van der Waals surface area contributed by atoms with Crippen LogP contribution in [0, 0.1) is 0 Å². The lowest BCUT2D eigenvalue weighted by molar-refractivity contribution is 0.601. The van der Waals surface area contributed by atoms with E-state index in [-0.39, 0.29) is 4.90 Å². The number of rotatable bonds is 3. The quantitative estimate of drug-likeness (QED) is 0.882. The molecule has 82 valence electrons. The summed E-state index contributed by atoms with van der Waals surface area (Å²) in [7, 11) is -3.53. The molecular formula is C11H10N2O2S. The Morgan fingerprint density at radius 2 is 1.62 bits per heavy atom. The monoisotopic (exact) mass is 234 g/mol. The molecule has 0 aliphatic heterocycles. The van der Waals surface area contributed by atoms with Gasteiger partial charge in [-0.05, 0) is 24.3 Å². The second kappa shape index (κ2) is 4.32. The predicted molar refractivity (Wildman–Crippen MR) is 61.5 cm³/mol. The lowest BCUT2D eigenvalue weighted by Crippen LogP contribution is -2.13. The summed E-state index contributed by atoms with van der Waals surface area (Å²) in [5, 5.41) is 0. The lowest BCUT2D eigenvalue weighted by Gasteiger charge is -2.06. The highest BCUT2D eigenvalue weighted by Gasteiger charge is 2.13. The Morgan fingerprint density at radius 1 is 0.938 bits per heavy atom. The Kier molecular flexibility index (Phi) is 2.87. The molecule has 0 radical (unpaired) electrons. The highest BCUT2D eigenvalue weighted by Crippen LogP contribution is 2.12. The summed E-state index contributed by atoms with van der Waals surface area (Å²) in [5.74, 6) is 0.311. The van der Waals surface area contributed by atoms with Crippen LogP contribution in [0.4, 0.5) is 5.82 Å². The normalized spacial score (nSPS) is 11.0. The van der Waals surface area contributed by atoms with Crippen LogP contribution in [0.25, 0.3) is 0 Å². The molecule has 0 atom stereocenters. The van der Waals surface area contributed by atoms with Crippen LogP contribution < -0.4 is 4.72 Å². The third-order valence-corrected chi connectivity index (χ3v) is 3.33. The molecule has 16 heavy (non-hydrogen) atoms. The maximum Gasteiger partial charge on any atom is 0.263 e. The van der Waals surface area contributed by atoms with Gasteiger partial charge in [0.25, 0.3) is 10.0 Å². The molecule has 0 bridgehead atoms. The molecule has 0 aliphatic rings. The summed E-state index contributed by atoms with van der Waals surface area (Å²) < 4.78 is 26.1. The first-order valence-corrected chi connectivity index (χ1v) is 6.16. The van der Waals surface area contributed by atoms with Crippen LogP contribution in [-0.2, 0) is 10.0 Å². The molecule has 4 nitrogen and oxygen atoms in total. The fourth-order valence-electron chi connectivity index (χ4n) is 1.22. The highest BCUT2D eigenvalue weighted by molar-refractivity contribution is 7.92. The van der Waals surface area contributed by atoms with Gasteiger partial charge in [-0.2, -0.15) is 0 Å². The third-order valence-electron chi connectivity index (χ3n) is 1.96. The fourth-order valence-corrected chi connectivity index (χ4v) is 2.25. The summed E-state index contributed by atoms with van der Waals surface area (Å²) in [5.41, 5.74) is 0. The second-order valence-corrected chi connectivity index (χ2v) is 4.82. The Hall–Kier alpha value is -1.88. The number of nitrogens with zero attached hydrogens (tertiary/aromatic N) is 1. The molecule has 1 N–H and O–H groups in total. The molecule has 2 rings (SSSR count). The van der Waals surface area contributed by atoms with E-state index in [4.69, 9.17) is 0 Å². The van der Waals surface area contributed by atoms with Crippen LogP contribution >= 0.6 is 0 Å². The van der Waals surface area contributed by atoms with Crippen molar-refractivity contribution in [3.05, 3.63) is 54.7 Å². The first kappa shape index (κ1) is 10.6. The first-order valence-electron chi connectivity index (χ1n) is 4.67. The minimum atomic E-state index is -3.53. The molecule has 0 spiro atoms. The van der Waals surface area contributed by atoms with E-state index < -0.39 is 10.0 Å². The summed E-state index contributed by atoms with van der Waals surface area (Å²) in [6, 6.07) is 13.2. The van der Waals surface area contributed by atoms with E-state index in [1.165, 1.54) is 18.3 Å². The second-order valence-electron chi connectivity index (χ2n) is 3.13. The number of nitrogens with one attached hydrogen (secondary N) is 1. The number of hydrogen-bond donors (Lipinski definition) is 1. The summed E-state index contributed by atoms with van der Waals surface area (Å²) in [6.07, 6.45) is 1.53. The number of pyridine rings is 1. The van der Waals surface area contributed by atoms with E-state index in [1.807, 2.05) is 0 Å². The average molecular weight is 234 g/mol. The number of hydrogen-bond acceptors (Lipinski definition) is 3. The van der Waals surface area contributed by atoms with Gasteiger partial charge in [-0.3, -0.25) is 4.72 Å². The molecule has 1 aromatic heterocycles. The van der Waals surface area contributed by atoms with E-state index in [2.05, 4.69) is 9.71 Å². The van der Waals surface area contributed by atoms with Gasteiger partial charge in [0.05, 0.1) is 4.90 Å². The molecule has 5 heteroatoms. The molecule has 2 aromatic rings. The number of anilines is 1. The molecule has 1 heterocycles.